The molecule has 25 heteroatoms. The summed E-state index contributed by atoms with van der Waals surface area (Å²) in [6, 6.07) is 0. The Morgan fingerprint density at radius 1 is 1.02 bits per heavy atom. The van der Waals surface area contributed by atoms with Gasteiger partial charge in [0.1, 0.15) is 6.10 Å². The minimum Gasteiger partial charge on any atom is -0.456 e. The monoisotopic (exact) mass is 649 g/mol. The highest BCUT2D eigenvalue weighted by Gasteiger charge is 2.52. The molecule has 0 spiro atoms. The maximum Gasteiger partial charge on any atom is 0.490 e. The van der Waals surface area contributed by atoms with Crippen LogP contribution in [0.4, 0.5) is 5.95 Å². The number of hydrogen-bond donors (Lipinski definition) is 6. The van der Waals surface area contributed by atoms with Crippen molar-refractivity contribution in [1.82, 2.24) is 19.5 Å². The number of anilines is 1. The number of fused-ring (bicyclic) bond motifs is 1. The molecular formula is C16H22N5O17P3. The first-order valence-electron chi connectivity index (χ1n) is 10.8. The number of imidazole rings is 1. The lowest BCUT2D eigenvalue weighted by Crippen LogP contribution is -2.40. The van der Waals surface area contributed by atoms with E-state index in [0.717, 1.165) is 31.7 Å². The number of esters is 2. The van der Waals surface area contributed by atoms with Crippen molar-refractivity contribution in [3.05, 3.63) is 16.7 Å². The summed E-state index contributed by atoms with van der Waals surface area (Å²) in [6.45, 7) is 2.01. The van der Waals surface area contributed by atoms with Crippen molar-refractivity contribution in [3.8, 4) is 0 Å². The third kappa shape index (κ3) is 8.81. The van der Waals surface area contributed by atoms with Gasteiger partial charge in [0, 0.05) is 20.8 Å². The molecule has 1 aliphatic heterocycles. The van der Waals surface area contributed by atoms with Crippen LogP contribution in [0.5, 0.6) is 0 Å². The molecule has 0 bridgehead atoms. The summed E-state index contributed by atoms with van der Waals surface area (Å²) in [5, 5.41) is 2.26. The average molecular weight is 649 g/mol. The summed E-state index contributed by atoms with van der Waals surface area (Å²) < 4.78 is 63.7. The summed E-state index contributed by atoms with van der Waals surface area (Å²) >= 11 is 0. The first kappa shape index (κ1) is 32.6. The summed E-state index contributed by atoms with van der Waals surface area (Å²) in [5.41, 5.74) is -1.26. The highest BCUT2D eigenvalue weighted by atomic mass is 31.3. The Morgan fingerprint density at radius 2 is 1.63 bits per heavy atom. The molecule has 41 heavy (non-hydrogen) atoms. The fourth-order valence-electron chi connectivity index (χ4n) is 3.53. The predicted molar refractivity (Wildman–Crippen MR) is 127 cm³/mol. The van der Waals surface area contributed by atoms with Crippen molar-refractivity contribution in [2.24, 2.45) is 0 Å². The summed E-state index contributed by atoms with van der Waals surface area (Å²) in [6.07, 6.45) is -5.23. The summed E-state index contributed by atoms with van der Waals surface area (Å²) in [5.74, 6) is -2.74. The van der Waals surface area contributed by atoms with Crippen molar-refractivity contribution >= 4 is 58.4 Å². The van der Waals surface area contributed by atoms with Crippen LogP contribution in [0.25, 0.3) is 11.2 Å². The number of nitrogens with zero attached hydrogens (tertiary/aromatic N) is 3. The van der Waals surface area contributed by atoms with E-state index in [1.54, 1.807) is 0 Å². The standard InChI is InChI=1S/C16H22N5O17P3/c1-6(22)18-16-19-13-10(14(25)20-16)17-5-21(13)15-12(35-8(3)24)11(34-7(2)23)9(36-15)4-33-40(29,30)38-41(31,32)37-39(26,27)28/h5,9,11-12,15H,4H2,1-3H3,(H,29,30)(H,31,32)(H2,26,27,28)(H2,18,19,20,22,25). The molecule has 0 aliphatic carbocycles. The molecule has 22 nitrogen and oxygen atoms in total. The second kappa shape index (κ2) is 12.2. The second-order valence-corrected chi connectivity index (χ2v) is 12.4. The van der Waals surface area contributed by atoms with E-state index >= 15 is 0 Å². The number of hydrogen-bond acceptors (Lipinski definition) is 15. The number of nitrogens with one attached hydrogen (secondary N) is 2. The molecule has 1 aliphatic rings. The third-order valence-electron chi connectivity index (χ3n) is 4.71. The maximum absolute atomic E-state index is 12.4. The van der Waals surface area contributed by atoms with Crippen LogP contribution in [0.3, 0.4) is 0 Å². The Labute approximate surface area is 227 Å². The zero-order valence-corrected chi connectivity index (χ0v) is 23.6. The van der Waals surface area contributed by atoms with Gasteiger partial charge in [-0.15, -0.1) is 0 Å². The van der Waals surface area contributed by atoms with E-state index in [4.69, 9.17) is 24.0 Å². The fraction of sp³-hybridized carbons (Fsp3) is 0.500. The lowest BCUT2D eigenvalue weighted by Gasteiger charge is -2.24. The first-order valence-corrected chi connectivity index (χ1v) is 15.3. The van der Waals surface area contributed by atoms with Gasteiger partial charge in [-0.25, -0.2) is 18.7 Å². The largest absolute Gasteiger partial charge is 0.490 e. The van der Waals surface area contributed by atoms with Gasteiger partial charge in [-0.3, -0.25) is 38.6 Å². The number of phosphoric ester groups is 1. The van der Waals surface area contributed by atoms with Crippen molar-refractivity contribution in [1.29, 1.82) is 0 Å². The maximum atomic E-state index is 12.4. The molecule has 6 N–H and O–H groups in total. The van der Waals surface area contributed by atoms with Gasteiger partial charge in [-0.05, 0) is 0 Å². The highest BCUT2D eigenvalue weighted by Crippen LogP contribution is 2.66. The normalized spacial score (nSPS) is 23.9. The highest BCUT2D eigenvalue weighted by molar-refractivity contribution is 7.66. The second-order valence-electron chi connectivity index (χ2n) is 8.02. The molecular weight excluding hydrogens is 627 g/mol. The fourth-order valence-corrected chi connectivity index (χ4v) is 6.56. The molecule has 1 saturated heterocycles. The minimum atomic E-state index is -5.84. The van der Waals surface area contributed by atoms with Gasteiger partial charge in [0.25, 0.3) is 5.56 Å². The lowest BCUT2D eigenvalue weighted by molar-refractivity contribution is -0.165. The van der Waals surface area contributed by atoms with Crippen LogP contribution in [-0.2, 0) is 55.4 Å². The van der Waals surface area contributed by atoms with Crippen molar-refractivity contribution < 1.29 is 75.0 Å². The number of phosphoric acid groups is 3. The summed E-state index contributed by atoms with van der Waals surface area (Å²) in [7, 11) is -17.1. The molecule has 228 valence electrons. The predicted octanol–water partition coefficient (Wildman–Crippen LogP) is -0.818. The molecule has 0 radical (unpaired) electrons. The topological polar surface area (TPSA) is 314 Å². The average Bonchev–Trinajstić information content (AvgIpc) is 3.30. The number of H-pyrrole nitrogens is 1. The van der Waals surface area contributed by atoms with E-state index in [-0.39, 0.29) is 17.1 Å². The molecule has 0 aromatic carbocycles. The smallest absolute Gasteiger partial charge is 0.456 e. The number of carbonyl (C=O) groups excluding carboxylic acids is 3. The van der Waals surface area contributed by atoms with E-state index in [9.17, 15) is 42.7 Å². The van der Waals surface area contributed by atoms with Crippen molar-refractivity contribution in [2.45, 2.75) is 45.3 Å². The van der Waals surface area contributed by atoms with E-state index in [2.05, 4.69) is 33.4 Å². The zero-order valence-electron chi connectivity index (χ0n) is 20.9. The Kier molecular flexibility index (Phi) is 9.68. The van der Waals surface area contributed by atoms with Crippen LogP contribution in [0, 0.1) is 0 Å². The molecule has 3 heterocycles. The first-order chi connectivity index (χ1) is 18.8. The van der Waals surface area contributed by atoms with Gasteiger partial charge in [-0.1, -0.05) is 0 Å². The number of rotatable bonds is 11. The molecule has 2 aromatic rings. The number of ether oxygens (including phenoxy) is 3. The molecule has 2 aromatic heterocycles. The molecule has 6 unspecified atom stereocenters. The van der Waals surface area contributed by atoms with Crippen molar-refractivity contribution in [2.75, 3.05) is 11.9 Å². The van der Waals surface area contributed by atoms with E-state index in [1.807, 2.05) is 0 Å². The minimum absolute atomic E-state index is 0.213. The Balaban J connectivity index is 1.97. The van der Waals surface area contributed by atoms with Crippen LogP contribution in [0.15, 0.2) is 11.1 Å². The third-order valence-corrected chi connectivity index (χ3v) is 8.51. The van der Waals surface area contributed by atoms with Gasteiger partial charge in [-0.2, -0.15) is 13.6 Å². The lowest BCUT2D eigenvalue weighted by atomic mass is 10.1. The van der Waals surface area contributed by atoms with Gasteiger partial charge in [0.05, 0.1) is 12.9 Å². The number of aromatic amines is 1. The zero-order chi connectivity index (χ0) is 30.9. The number of carbonyl (C=O) groups is 3. The van der Waals surface area contributed by atoms with Gasteiger partial charge < -0.3 is 33.8 Å². The van der Waals surface area contributed by atoms with Gasteiger partial charge in [0.15, 0.2) is 29.6 Å². The van der Waals surface area contributed by atoms with Crippen molar-refractivity contribution in [3.63, 3.8) is 0 Å². The van der Waals surface area contributed by atoms with Crippen LogP contribution < -0.4 is 10.9 Å². The Morgan fingerprint density at radius 3 is 2.20 bits per heavy atom. The number of aromatic nitrogens is 4. The molecule has 3 rings (SSSR count). The molecule has 1 amide bonds. The molecule has 0 saturated carbocycles. The molecule has 1 fully saturated rings. The quantitative estimate of drug-likeness (QED) is 0.128. The van der Waals surface area contributed by atoms with E-state index < -0.39 is 78.0 Å². The van der Waals surface area contributed by atoms with Crippen LogP contribution in [0.1, 0.15) is 27.0 Å². The van der Waals surface area contributed by atoms with Crippen LogP contribution in [-0.4, -0.2) is 81.9 Å². The Bertz CT molecular complexity index is 1550. The summed E-state index contributed by atoms with van der Waals surface area (Å²) in [4.78, 5) is 94.3. The SMILES string of the molecule is CC(=O)Nc1nc2c(ncn2C2OC(COP(=O)(O)OP(=O)(O)OP(=O)(O)O)C(OC(C)=O)C2OC(C)=O)c(=O)[nH]1. The van der Waals surface area contributed by atoms with E-state index in [1.165, 1.54) is 0 Å². The van der Waals surface area contributed by atoms with Gasteiger partial charge in [0.2, 0.25) is 11.9 Å². The number of amides is 1. The molecule has 6 atom stereocenters. The van der Waals surface area contributed by atoms with E-state index in [0.29, 0.717) is 0 Å². The van der Waals surface area contributed by atoms with Gasteiger partial charge >= 0.3 is 35.4 Å². The van der Waals surface area contributed by atoms with Crippen LogP contribution in [0.2, 0.25) is 0 Å². The Hall–Kier alpha value is -2.87. The van der Waals surface area contributed by atoms with Crippen LogP contribution >= 0.6 is 23.5 Å².